The average molecular weight is 595 g/mol. The zero-order valence-electron chi connectivity index (χ0n) is 23.8. The highest BCUT2D eigenvalue weighted by Gasteiger charge is 2.51. The summed E-state index contributed by atoms with van der Waals surface area (Å²) in [5, 5.41) is 0. The highest BCUT2D eigenvalue weighted by Crippen LogP contribution is 2.31. The van der Waals surface area contributed by atoms with Crippen LogP contribution in [0, 0.1) is 0 Å². The third-order valence-electron chi connectivity index (χ3n) is 7.01. The topological polar surface area (TPSA) is 114 Å². The lowest BCUT2D eigenvalue weighted by Gasteiger charge is -2.43. The molecule has 0 radical (unpaired) electrons. The lowest BCUT2D eigenvalue weighted by atomic mass is 9.94. The van der Waals surface area contributed by atoms with Gasteiger partial charge in [-0.2, -0.15) is 0 Å². The van der Waals surface area contributed by atoms with Crippen LogP contribution in [0.2, 0.25) is 0 Å². The Bertz CT molecular complexity index is 1560. The number of hydrogen-bond acceptors (Lipinski definition) is 9. The zero-order chi connectivity index (χ0) is 30.9. The molecule has 5 atom stereocenters. The van der Waals surface area contributed by atoms with E-state index in [2.05, 4.69) is 0 Å². The Hall–Kier alpha value is -5.28. The van der Waals surface area contributed by atoms with Gasteiger partial charge in [0.15, 0.2) is 18.3 Å². The van der Waals surface area contributed by atoms with Crippen molar-refractivity contribution in [3.05, 3.63) is 144 Å². The monoisotopic (exact) mass is 594 g/mol. The number of ether oxygens (including phenoxy) is 5. The van der Waals surface area contributed by atoms with E-state index in [9.17, 15) is 19.2 Å². The predicted octanol–water partition coefficient (Wildman–Crippen LogP) is 5.31. The van der Waals surface area contributed by atoms with E-state index in [1.807, 2.05) is 0 Å². The number of esters is 4. The molecule has 0 saturated carbocycles. The quantitative estimate of drug-likeness (QED) is 0.188. The molecule has 224 valence electrons. The maximum Gasteiger partial charge on any atom is 0.338 e. The minimum Gasteiger partial charge on any atom is -0.459 e. The standard InChI is InChI=1S/C35H30O9/c1-23-29(42-33(37)25-16-8-3-9-17-25)31(44-35(39)27-20-12-5-13-21-27)30(43-34(38)26-18-10-4-11-19-26)28(41-23)22-40-32(36)24-14-6-2-7-15-24/h2-21,23,28-31H,22H2,1H3/t23-,28?,29?,30+,31+/m0/s1. The normalized spacial score (nSPS) is 21.0. The first kappa shape index (κ1) is 30.2. The molecule has 9 nitrogen and oxygen atoms in total. The Morgan fingerprint density at radius 1 is 0.500 bits per heavy atom. The second-order valence-electron chi connectivity index (χ2n) is 10.1. The minimum atomic E-state index is -1.33. The van der Waals surface area contributed by atoms with E-state index in [0.29, 0.717) is 5.56 Å². The van der Waals surface area contributed by atoms with E-state index >= 15 is 0 Å². The van der Waals surface area contributed by atoms with Crippen LogP contribution in [0.25, 0.3) is 0 Å². The van der Waals surface area contributed by atoms with Gasteiger partial charge in [0.1, 0.15) is 12.7 Å². The van der Waals surface area contributed by atoms with Crippen molar-refractivity contribution in [2.45, 2.75) is 37.4 Å². The summed E-state index contributed by atoms with van der Waals surface area (Å²) < 4.78 is 29.5. The largest absolute Gasteiger partial charge is 0.459 e. The predicted molar refractivity (Wildman–Crippen MR) is 158 cm³/mol. The molecule has 0 spiro atoms. The Morgan fingerprint density at radius 3 is 1.25 bits per heavy atom. The van der Waals surface area contributed by atoms with Gasteiger partial charge < -0.3 is 23.7 Å². The summed E-state index contributed by atoms with van der Waals surface area (Å²) in [7, 11) is 0. The molecule has 1 fully saturated rings. The Labute approximate surface area is 254 Å². The molecular formula is C35H30O9. The van der Waals surface area contributed by atoms with Gasteiger partial charge in [-0.05, 0) is 55.5 Å². The molecule has 5 rings (SSSR count). The molecule has 44 heavy (non-hydrogen) atoms. The van der Waals surface area contributed by atoms with E-state index in [1.165, 1.54) is 0 Å². The van der Waals surface area contributed by atoms with E-state index in [-0.39, 0.29) is 23.3 Å². The van der Waals surface area contributed by atoms with E-state index in [4.69, 9.17) is 23.7 Å². The van der Waals surface area contributed by atoms with Crippen molar-refractivity contribution < 1.29 is 42.9 Å². The summed E-state index contributed by atoms with van der Waals surface area (Å²) >= 11 is 0. The number of carbonyl (C=O) groups excluding carboxylic acids is 4. The maximum absolute atomic E-state index is 13.4. The third kappa shape index (κ3) is 7.37. The molecule has 1 heterocycles. The SMILES string of the molecule is C[C@@H]1OC(COC(=O)c2ccccc2)[C@@H](OC(=O)c2ccccc2)[C@H](OC(=O)c2ccccc2)C1OC(=O)c1ccccc1. The summed E-state index contributed by atoms with van der Waals surface area (Å²) in [6.45, 7) is 1.29. The summed E-state index contributed by atoms with van der Waals surface area (Å²) in [5.41, 5.74) is 1.05. The van der Waals surface area contributed by atoms with Crippen LogP contribution in [0.1, 0.15) is 48.4 Å². The fourth-order valence-electron chi connectivity index (χ4n) is 4.78. The van der Waals surface area contributed by atoms with Gasteiger partial charge in [-0.3, -0.25) is 0 Å². The van der Waals surface area contributed by atoms with E-state index in [0.717, 1.165) is 0 Å². The first-order valence-electron chi connectivity index (χ1n) is 14.1. The molecule has 4 aromatic carbocycles. The Morgan fingerprint density at radius 2 is 0.841 bits per heavy atom. The van der Waals surface area contributed by atoms with Gasteiger partial charge in [0, 0.05) is 0 Å². The molecule has 0 aliphatic carbocycles. The first-order chi connectivity index (χ1) is 21.4. The maximum atomic E-state index is 13.4. The van der Waals surface area contributed by atoms with Crippen LogP contribution >= 0.6 is 0 Å². The van der Waals surface area contributed by atoms with Gasteiger partial charge in [-0.25, -0.2) is 19.2 Å². The van der Waals surface area contributed by atoms with Crippen LogP contribution in [0.5, 0.6) is 0 Å². The van der Waals surface area contributed by atoms with Crippen molar-refractivity contribution in [3.8, 4) is 0 Å². The summed E-state index contributed by atoms with van der Waals surface area (Å²) in [4.78, 5) is 52.6. The van der Waals surface area contributed by atoms with Gasteiger partial charge in [-0.1, -0.05) is 72.8 Å². The van der Waals surface area contributed by atoms with E-state index in [1.54, 1.807) is 128 Å². The smallest absolute Gasteiger partial charge is 0.338 e. The highest BCUT2D eigenvalue weighted by atomic mass is 16.7. The van der Waals surface area contributed by atoms with E-state index < -0.39 is 54.4 Å². The molecule has 0 bridgehead atoms. The molecule has 0 N–H and O–H groups in total. The third-order valence-corrected chi connectivity index (χ3v) is 7.01. The van der Waals surface area contributed by atoms with Crippen LogP contribution in [-0.4, -0.2) is 61.0 Å². The molecule has 0 aromatic heterocycles. The number of carbonyl (C=O) groups is 4. The summed E-state index contributed by atoms with van der Waals surface area (Å²) in [5.74, 6) is -2.77. The molecule has 9 heteroatoms. The lowest BCUT2D eigenvalue weighted by Crippen LogP contribution is -2.61. The van der Waals surface area contributed by atoms with Crippen molar-refractivity contribution in [3.63, 3.8) is 0 Å². The molecule has 4 aromatic rings. The molecular weight excluding hydrogens is 564 g/mol. The average Bonchev–Trinajstić information content (AvgIpc) is 3.07. The van der Waals surface area contributed by atoms with Crippen molar-refractivity contribution >= 4 is 23.9 Å². The fraction of sp³-hybridized carbons (Fsp3) is 0.200. The van der Waals surface area contributed by atoms with Gasteiger partial charge in [0.2, 0.25) is 0 Å². The van der Waals surface area contributed by atoms with Crippen LogP contribution < -0.4 is 0 Å². The molecule has 0 amide bonds. The second-order valence-corrected chi connectivity index (χ2v) is 10.1. The van der Waals surface area contributed by atoms with Crippen molar-refractivity contribution in [2.75, 3.05) is 6.61 Å². The van der Waals surface area contributed by atoms with Gasteiger partial charge >= 0.3 is 23.9 Å². The lowest BCUT2D eigenvalue weighted by molar-refractivity contribution is -0.224. The Balaban J connectivity index is 1.48. The highest BCUT2D eigenvalue weighted by molar-refractivity contribution is 5.91. The van der Waals surface area contributed by atoms with Crippen LogP contribution in [-0.2, 0) is 23.7 Å². The first-order valence-corrected chi connectivity index (χ1v) is 14.1. The Kier molecular flexibility index (Phi) is 9.78. The van der Waals surface area contributed by atoms with Gasteiger partial charge in [0.05, 0.1) is 28.4 Å². The zero-order valence-corrected chi connectivity index (χ0v) is 23.8. The molecule has 2 unspecified atom stereocenters. The molecule has 1 aliphatic rings. The van der Waals surface area contributed by atoms with Crippen molar-refractivity contribution in [1.29, 1.82) is 0 Å². The molecule has 1 aliphatic heterocycles. The van der Waals surface area contributed by atoms with Crippen LogP contribution in [0.15, 0.2) is 121 Å². The summed E-state index contributed by atoms with van der Waals surface area (Å²) in [6.07, 6.45) is -5.78. The van der Waals surface area contributed by atoms with Gasteiger partial charge in [0.25, 0.3) is 0 Å². The van der Waals surface area contributed by atoms with Crippen molar-refractivity contribution in [1.82, 2.24) is 0 Å². The van der Waals surface area contributed by atoms with Crippen LogP contribution in [0.4, 0.5) is 0 Å². The van der Waals surface area contributed by atoms with Crippen molar-refractivity contribution in [2.24, 2.45) is 0 Å². The fourth-order valence-corrected chi connectivity index (χ4v) is 4.78. The number of benzene rings is 4. The number of hydrogen-bond donors (Lipinski definition) is 0. The van der Waals surface area contributed by atoms with Gasteiger partial charge in [-0.15, -0.1) is 0 Å². The summed E-state index contributed by atoms with van der Waals surface area (Å²) in [6, 6.07) is 33.1. The minimum absolute atomic E-state index is 0.233. The molecule has 1 saturated heterocycles. The van der Waals surface area contributed by atoms with Crippen LogP contribution in [0.3, 0.4) is 0 Å². The second kappa shape index (κ2) is 14.3. The number of rotatable bonds is 9.